The first kappa shape index (κ1) is 20.4. The number of benzene rings is 1. The third-order valence-corrected chi connectivity index (χ3v) is 4.85. The highest BCUT2D eigenvalue weighted by atomic mass is 16.7. The summed E-state index contributed by atoms with van der Waals surface area (Å²) in [4.78, 5) is 22.9. The van der Waals surface area contributed by atoms with Gasteiger partial charge in [0.2, 0.25) is 5.91 Å². The first-order chi connectivity index (χ1) is 12.1. The number of rotatable bonds is 7. The number of carbonyl (C=O) groups is 2. The van der Waals surface area contributed by atoms with Crippen LogP contribution < -0.4 is 10.8 Å². The van der Waals surface area contributed by atoms with Gasteiger partial charge in [-0.15, -0.1) is 0 Å². The lowest BCUT2D eigenvalue weighted by Crippen LogP contribution is -2.43. The number of hydrogen-bond acceptors (Lipinski definition) is 5. The van der Waals surface area contributed by atoms with E-state index in [1.165, 1.54) is 7.11 Å². The van der Waals surface area contributed by atoms with E-state index in [0.717, 1.165) is 11.0 Å². The quantitative estimate of drug-likeness (QED) is 0.695. The highest BCUT2D eigenvalue weighted by Gasteiger charge is 2.51. The van der Waals surface area contributed by atoms with E-state index in [1.807, 2.05) is 52.0 Å². The summed E-state index contributed by atoms with van der Waals surface area (Å²) >= 11 is 0. The fraction of sp³-hybridized carbons (Fsp3) is 0.556. The van der Waals surface area contributed by atoms with Crippen molar-refractivity contribution in [2.75, 3.05) is 13.7 Å². The summed E-state index contributed by atoms with van der Waals surface area (Å²) in [5, 5.41) is 11.7. The van der Waals surface area contributed by atoms with Crippen molar-refractivity contribution in [3.05, 3.63) is 29.8 Å². The van der Waals surface area contributed by atoms with Crippen molar-refractivity contribution in [3.8, 4) is 0 Å². The van der Waals surface area contributed by atoms with Crippen molar-refractivity contribution in [1.82, 2.24) is 5.32 Å². The minimum absolute atomic E-state index is 0.175. The molecule has 1 aliphatic heterocycles. The molecule has 1 heterocycles. The van der Waals surface area contributed by atoms with Crippen LogP contribution in [0.25, 0.3) is 0 Å². The Kier molecular flexibility index (Phi) is 6.11. The number of carboxylic acid groups (broad SMARTS) is 1. The van der Waals surface area contributed by atoms with Crippen molar-refractivity contribution >= 4 is 24.5 Å². The Bertz CT molecular complexity index is 642. The van der Waals surface area contributed by atoms with Gasteiger partial charge in [-0.25, -0.2) is 4.79 Å². The van der Waals surface area contributed by atoms with Gasteiger partial charge in [0.15, 0.2) is 0 Å². The molecular weight excluding hydrogens is 337 g/mol. The summed E-state index contributed by atoms with van der Waals surface area (Å²) < 4.78 is 16.7. The zero-order valence-electron chi connectivity index (χ0n) is 15.9. The molecule has 26 heavy (non-hydrogen) atoms. The van der Waals surface area contributed by atoms with Gasteiger partial charge in [-0.05, 0) is 38.7 Å². The molecule has 8 heteroatoms. The monoisotopic (exact) mass is 363 g/mol. The smallest absolute Gasteiger partial charge is 0.480 e. The highest BCUT2D eigenvalue weighted by Crippen LogP contribution is 2.36. The molecule has 1 amide bonds. The van der Waals surface area contributed by atoms with Gasteiger partial charge in [0.05, 0.1) is 11.2 Å². The molecule has 0 spiro atoms. The average molecular weight is 363 g/mol. The normalized spacial score (nSPS) is 19.2. The predicted molar refractivity (Wildman–Crippen MR) is 97.3 cm³/mol. The lowest BCUT2D eigenvalue weighted by molar-refractivity contribution is -0.142. The van der Waals surface area contributed by atoms with E-state index in [0.29, 0.717) is 0 Å². The van der Waals surface area contributed by atoms with Crippen molar-refractivity contribution in [1.29, 1.82) is 0 Å². The van der Waals surface area contributed by atoms with Gasteiger partial charge in [-0.2, -0.15) is 0 Å². The van der Waals surface area contributed by atoms with Crippen LogP contribution in [0.5, 0.6) is 0 Å². The Morgan fingerprint density at radius 1 is 1.15 bits per heavy atom. The van der Waals surface area contributed by atoms with Crippen LogP contribution in [0.15, 0.2) is 24.3 Å². The van der Waals surface area contributed by atoms with Gasteiger partial charge in [-0.3, -0.25) is 4.79 Å². The molecule has 0 radical (unpaired) electrons. The molecule has 1 saturated heterocycles. The number of hydrogen-bond donors (Lipinski definition) is 2. The van der Waals surface area contributed by atoms with E-state index in [9.17, 15) is 14.7 Å². The largest absolute Gasteiger partial charge is 0.494 e. The second kappa shape index (κ2) is 7.78. The molecule has 0 saturated carbocycles. The molecule has 0 aromatic heterocycles. The fourth-order valence-electron chi connectivity index (χ4n) is 2.59. The maximum absolute atomic E-state index is 11.6. The molecule has 1 fully saturated rings. The Morgan fingerprint density at radius 3 is 2.15 bits per heavy atom. The first-order valence-corrected chi connectivity index (χ1v) is 8.51. The first-order valence-electron chi connectivity index (χ1n) is 8.51. The second-order valence-electron chi connectivity index (χ2n) is 7.43. The molecule has 1 atom stereocenters. The summed E-state index contributed by atoms with van der Waals surface area (Å²) in [5.74, 6) is -1.56. The topological polar surface area (TPSA) is 94.1 Å². The van der Waals surface area contributed by atoms with Crippen LogP contribution in [0.2, 0.25) is 0 Å². The van der Waals surface area contributed by atoms with Crippen LogP contribution in [0.3, 0.4) is 0 Å². The molecule has 0 bridgehead atoms. The van der Waals surface area contributed by atoms with E-state index in [2.05, 4.69) is 5.32 Å². The number of aliphatic carboxylic acids is 1. The van der Waals surface area contributed by atoms with E-state index in [4.69, 9.17) is 14.0 Å². The van der Waals surface area contributed by atoms with Crippen LogP contribution in [-0.4, -0.2) is 55.1 Å². The molecule has 0 aliphatic carbocycles. The molecule has 1 aromatic rings. The van der Waals surface area contributed by atoms with Crippen molar-refractivity contribution < 1.29 is 28.7 Å². The standard InChI is InChI=1S/C18H26BNO6/c1-17(2)18(3,4)26-19(25-17)13-8-6-12(7-9-13)10-14(16(22)23)20-15(21)11-24-5/h6-9,14H,10-11H2,1-5H3,(H,20,21)(H,22,23)/t14-/m0/s1. The third-order valence-electron chi connectivity index (χ3n) is 4.85. The minimum atomic E-state index is -1.09. The number of carboxylic acids is 1. The molecule has 7 nitrogen and oxygen atoms in total. The van der Waals surface area contributed by atoms with Crippen LogP contribution in [0.4, 0.5) is 0 Å². The zero-order valence-corrected chi connectivity index (χ0v) is 15.9. The lowest BCUT2D eigenvalue weighted by Gasteiger charge is -2.32. The molecule has 1 aromatic carbocycles. The second-order valence-corrected chi connectivity index (χ2v) is 7.43. The summed E-state index contributed by atoms with van der Waals surface area (Å²) in [5.41, 5.74) is 0.810. The fourth-order valence-corrected chi connectivity index (χ4v) is 2.59. The third kappa shape index (κ3) is 4.63. The maximum Gasteiger partial charge on any atom is 0.494 e. The zero-order chi connectivity index (χ0) is 19.5. The van der Waals surface area contributed by atoms with Gasteiger partial charge in [-0.1, -0.05) is 24.3 Å². The number of carbonyl (C=O) groups excluding carboxylic acids is 1. The molecule has 2 rings (SSSR count). The number of amides is 1. The summed E-state index contributed by atoms with van der Waals surface area (Å²) in [6.45, 7) is 7.77. The predicted octanol–water partition coefficient (Wildman–Crippen LogP) is 0.744. The highest BCUT2D eigenvalue weighted by molar-refractivity contribution is 6.62. The van der Waals surface area contributed by atoms with Gasteiger partial charge < -0.3 is 24.5 Å². The van der Waals surface area contributed by atoms with Crippen molar-refractivity contribution in [3.63, 3.8) is 0 Å². The minimum Gasteiger partial charge on any atom is -0.480 e. The van der Waals surface area contributed by atoms with Crippen molar-refractivity contribution in [2.45, 2.75) is 51.4 Å². The van der Waals surface area contributed by atoms with E-state index < -0.39 is 36.2 Å². The van der Waals surface area contributed by atoms with Gasteiger partial charge in [0, 0.05) is 13.5 Å². The Hall–Kier alpha value is -1.90. The molecule has 1 aliphatic rings. The lowest BCUT2D eigenvalue weighted by atomic mass is 9.78. The van der Waals surface area contributed by atoms with Gasteiger partial charge in [0.1, 0.15) is 12.6 Å². The average Bonchev–Trinajstić information content (AvgIpc) is 2.75. The Morgan fingerprint density at radius 2 is 1.69 bits per heavy atom. The summed E-state index contributed by atoms with van der Waals surface area (Å²) in [6, 6.07) is 6.33. The van der Waals surface area contributed by atoms with Crippen molar-refractivity contribution in [2.24, 2.45) is 0 Å². The molecule has 2 N–H and O–H groups in total. The van der Waals surface area contributed by atoms with Crippen LogP contribution in [-0.2, 0) is 30.1 Å². The Labute approximate surface area is 154 Å². The SMILES string of the molecule is COCC(=O)N[C@@H](Cc1ccc(B2OC(C)(C)C(C)(C)O2)cc1)C(=O)O. The maximum atomic E-state index is 11.6. The van der Waals surface area contributed by atoms with Crippen LogP contribution in [0, 0.1) is 0 Å². The number of ether oxygens (including phenoxy) is 1. The number of nitrogens with one attached hydrogen (secondary N) is 1. The van der Waals surface area contributed by atoms with Gasteiger partial charge >= 0.3 is 13.1 Å². The molecule has 142 valence electrons. The van der Waals surface area contributed by atoms with Crippen LogP contribution >= 0.6 is 0 Å². The summed E-state index contributed by atoms with van der Waals surface area (Å²) in [7, 11) is 0.912. The van der Waals surface area contributed by atoms with Crippen LogP contribution in [0.1, 0.15) is 33.3 Å². The van der Waals surface area contributed by atoms with E-state index in [-0.39, 0.29) is 13.0 Å². The molecular formula is C18H26BNO6. The number of methoxy groups -OCH3 is 1. The van der Waals surface area contributed by atoms with E-state index in [1.54, 1.807) is 0 Å². The van der Waals surface area contributed by atoms with Gasteiger partial charge in [0.25, 0.3) is 0 Å². The summed E-state index contributed by atoms with van der Waals surface area (Å²) in [6.07, 6.45) is 0.175. The molecule has 0 unspecified atom stereocenters. The Balaban J connectivity index is 2.05. The van der Waals surface area contributed by atoms with E-state index >= 15 is 0 Å².